The average Bonchev–Trinajstić information content (AvgIpc) is 2.78. The van der Waals surface area contributed by atoms with Crippen LogP contribution >= 0.6 is 0 Å². The molecule has 0 heterocycles. The van der Waals surface area contributed by atoms with E-state index in [4.69, 9.17) is 0 Å². The second-order valence-corrected chi connectivity index (χ2v) is 8.99. The molecular formula is C20H17F17NO2+. The molecule has 40 heavy (non-hydrogen) atoms. The lowest BCUT2D eigenvalue weighted by Gasteiger charge is -2.43. The molecule has 1 aromatic rings. The van der Waals surface area contributed by atoms with Gasteiger partial charge in [-0.25, -0.2) is 4.39 Å². The van der Waals surface area contributed by atoms with Gasteiger partial charge in [0.15, 0.2) is 13.0 Å². The Bertz CT molecular complexity index is 1040. The molecule has 0 radical (unpaired) electrons. The molecular weight excluding hydrogens is 609 g/mol. The van der Waals surface area contributed by atoms with Crippen LogP contribution in [0.25, 0.3) is 0 Å². The molecule has 0 aliphatic heterocycles. The molecule has 0 atom stereocenters. The van der Waals surface area contributed by atoms with E-state index >= 15 is 0 Å². The third-order valence-corrected chi connectivity index (χ3v) is 5.31. The number of carbonyl (C=O) groups excluding carboxylic acids is 1. The first-order chi connectivity index (χ1) is 17.5. The van der Waals surface area contributed by atoms with E-state index in [1.165, 1.54) is 14.1 Å². The van der Waals surface area contributed by atoms with Crippen molar-refractivity contribution in [2.24, 2.45) is 0 Å². The van der Waals surface area contributed by atoms with Crippen LogP contribution in [0.5, 0.6) is 5.75 Å². The van der Waals surface area contributed by atoms with Gasteiger partial charge in [-0.3, -0.25) is 4.79 Å². The number of hydrogen-bond donors (Lipinski definition) is 0. The van der Waals surface area contributed by atoms with Crippen LogP contribution < -0.4 is 4.74 Å². The monoisotopic (exact) mass is 626 g/mol. The maximum atomic E-state index is 14.0. The Balaban J connectivity index is 3.45. The highest BCUT2D eigenvalue weighted by Gasteiger charge is 2.95. The lowest BCUT2D eigenvalue weighted by atomic mass is 9.89. The molecule has 0 bridgehead atoms. The highest BCUT2D eigenvalue weighted by molar-refractivity contribution is 5.50. The standard InChI is InChI=1S/C20H17F17NO2/c1-38(2,7-8-39)9-11-3-5-12(6-4-11)40-20(36,37)19(34,35)18(32,33)17(30,31)16(28,29)15(26,27)14(24,25)13(22,23)10-21/h3-6,8H,7,9-10H2,1-2H3/q+1. The molecule has 0 saturated heterocycles. The molecule has 20 heteroatoms. The SMILES string of the molecule is C[N+](C)(CC=O)Cc1ccc(OC(F)(F)C(F)(F)C(F)(F)C(F)(F)C(F)(F)C(F)(F)C(F)(F)C(F)(F)CF)cc1. The molecule has 0 aliphatic rings. The number of quaternary nitrogens is 1. The molecule has 0 unspecified atom stereocenters. The maximum Gasteiger partial charge on any atom is 0.471 e. The Kier molecular flexibility index (Phi) is 9.21. The zero-order valence-electron chi connectivity index (χ0n) is 19.7. The van der Waals surface area contributed by atoms with Crippen molar-refractivity contribution >= 4 is 6.29 Å². The Morgan fingerprint density at radius 3 is 1.40 bits per heavy atom. The molecule has 1 aromatic carbocycles. The molecule has 0 saturated carbocycles. The van der Waals surface area contributed by atoms with Gasteiger partial charge in [-0.05, 0) is 24.3 Å². The van der Waals surface area contributed by atoms with Gasteiger partial charge in [0, 0.05) is 5.56 Å². The largest absolute Gasteiger partial charge is 0.471 e. The van der Waals surface area contributed by atoms with E-state index < -0.39 is 60.0 Å². The topological polar surface area (TPSA) is 26.3 Å². The molecule has 3 nitrogen and oxygen atoms in total. The average molecular weight is 626 g/mol. The summed E-state index contributed by atoms with van der Waals surface area (Å²) in [4.78, 5) is 10.6. The van der Waals surface area contributed by atoms with Crippen molar-refractivity contribution < 1.29 is 88.7 Å². The van der Waals surface area contributed by atoms with E-state index in [0.29, 0.717) is 18.4 Å². The van der Waals surface area contributed by atoms with Gasteiger partial charge in [-0.2, -0.15) is 70.2 Å². The summed E-state index contributed by atoms with van der Waals surface area (Å²) < 4.78 is 233. The predicted molar refractivity (Wildman–Crippen MR) is 99.4 cm³/mol. The summed E-state index contributed by atoms with van der Waals surface area (Å²) >= 11 is 0. The number of aldehydes is 1. The summed E-state index contributed by atoms with van der Waals surface area (Å²) in [6.07, 6.45) is -6.48. The summed E-state index contributed by atoms with van der Waals surface area (Å²) in [6.45, 7) is -4.07. The lowest BCUT2D eigenvalue weighted by molar-refractivity contribution is -0.895. The Morgan fingerprint density at radius 2 is 1.02 bits per heavy atom. The number of nitrogens with zero attached hydrogens (tertiary/aromatic N) is 1. The number of rotatable bonds is 14. The third kappa shape index (κ3) is 5.50. The highest BCUT2D eigenvalue weighted by Crippen LogP contribution is 2.63. The van der Waals surface area contributed by atoms with E-state index in [9.17, 15) is 79.4 Å². The summed E-state index contributed by atoms with van der Waals surface area (Å²) in [5.74, 6) is -58.4. The number of carbonyl (C=O) groups is 1. The van der Waals surface area contributed by atoms with Gasteiger partial charge in [0.05, 0.1) is 14.1 Å². The van der Waals surface area contributed by atoms with E-state index in [1.807, 2.05) is 0 Å². The summed E-state index contributed by atoms with van der Waals surface area (Å²) in [7, 11) is 2.98. The Hall–Kier alpha value is -2.54. The van der Waals surface area contributed by atoms with Crippen LogP contribution in [0.3, 0.4) is 0 Å². The van der Waals surface area contributed by atoms with Gasteiger partial charge >= 0.3 is 47.6 Å². The molecule has 0 aliphatic carbocycles. The van der Waals surface area contributed by atoms with Crippen LogP contribution in [0.2, 0.25) is 0 Å². The van der Waals surface area contributed by atoms with Crippen LogP contribution in [-0.2, 0) is 11.3 Å². The summed E-state index contributed by atoms with van der Waals surface area (Å²) in [5.41, 5.74) is 0.166. The minimum absolute atomic E-state index is 0.0365. The van der Waals surface area contributed by atoms with Crippen molar-refractivity contribution in [3.63, 3.8) is 0 Å². The van der Waals surface area contributed by atoms with Crippen molar-refractivity contribution in [2.45, 2.75) is 54.1 Å². The normalized spacial score (nSPS) is 15.3. The van der Waals surface area contributed by atoms with Gasteiger partial charge < -0.3 is 9.22 Å². The van der Waals surface area contributed by atoms with Gasteiger partial charge in [0.2, 0.25) is 0 Å². The van der Waals surface area contributed by atoms with Crippen molar-refractivity contribution in [3.05, 3.63) is 29.8 Å². The van der Waals surface area contributed by atoms with Crippen molar-refractivity contribution in [1.82, 2.24) is 0 Å². The van der Waals surface area contributed by atoms with E-state index in [-0.39, 0.29) is 23.1 Å². The molecule has 0 amide bonds. The predicted octanol–water partition coefficient (Wildman–Crippen LogP) is 6.85. The highest BCUT2D eigenvalue weighted by atomic mass is 19.4. The molecule has 1 rings (SSSR count). The van der Waals surface area contributed by atoms with Crippen LogP contribution in [0, 0.1) is 0 Å². The van der Waals surface area contributed by atoms with Gasteiger partial charge in [0.1, 0.15) is 18.8 Å². The first kappa shape index (κ1) is 35.5. The first-order valence-corrected chi connectivity index (χ1v) is 10.1. The zero-order chi connectivity index (χ0) is 32.0. The van der Waals surface area contributed by atoms with E-state index in [0.717, 1.165) is 12.1 Å². The third-order valence-electron chi connectivity index (χ3n) is 5.31. The van der Waals surface area contributed by atoms with Gasteiger partial charge in [-0.1, -0.05) is 0 Å². The van der Waals surface area contributed by atoms with Gasteiger partial charge in [-0.15, -0.1) is 0 Å². The Labute approximate surface area is 213 Å². The van der Waals surface area contributed by atoms with Crippen molar-refractivity contribution in [2.75, 3.05) is 27.3 Å². The molecule has 0 aromatic heterocycles. The number of likely N-dealkylation sites (N-methyl/N-ethyl adjacent to an activating group) is 1. The number of benzene rings is 1. The van der Waals surface area contributed by atoms with Crippen LogP contribution in [0.15, 0.2) is 24.3 Å². The number of ether oxygens (including phenoxy) is 1. The molecule has 0 spiro atoms. The maximum absolute atomic E-state index is 14.0. The number of hydrogen-bond acceptors (Lipinski definition) is 2. The van der Waals surface area contributed by atoms with Crippen molar-refractivity contribution in [1.29, 1.82) is 0 Å². The second-order valence-electron chi connectivity index (χ2n) is 8.99. The van der Waals surface area contributed by atoms with Gasteiger partial charge in [0.25, 0.3) is 0 Å². The van der Waals surface area contributed by atoms with Crippen LogP contribution in [-0.4, -0.2) is 85.7 Å². The second kappa shape index (κ2) is 10.4. The quantitative estimate of drug-likeness (QED) is 0.128. The molecule has 0 fully saturated rings. The number of alkyl halides is 17. The summed E-state index contributed by atoms with van der Waals surface area (Å²) in [6, 6.07) is 2.36. The fraction of sp³-hybridized carbons (Fsp3) is 0.650. The van der Waals surface area contributed by atoms with Crippen LogP contribution in [0.1, 0.15) is 5.56 Å². The minimum Gasteiger partial charge on any atom is -0.428 e. The minimum atomic E-state index is -8.63. The molecule has 232 valence electrons. The smallest absolute Gasteiger partial charge is 0.428 e. The fourth-order valence-electron chi connectivity index (χ4n) is 2.92. The fourth-order valence-corrected chi connectivity index (χ4v) is 2.92. The lowest BCUT2D eigenvalue weighted by Crippen LogP contribution is -2.75. The number of halogens is 17. The van der Waals surface area contributed by atoms with Crippen molar-refractivity contribution in [3.8, 4) is 5.75 Å². The summed E-state index contributed by atoms with van der Waals surface area (Å²) in [5, 5.41) is 0. The zero-order valence-corrected chi connectivity index (χ0v) is 19.7. The van der Waals surface area contributed by atoms with E-state index in [2.05, 4.69) is 4.74 Å². The van der Waals surface area contributed by atoms with Crippen LogP contribution in [0.4, 0.5) is 74.6 Å². The first-order valence-electron chi connectivity index (χ1n) is 10.1. The molecule has 0 N–H and O–H groups in total. The van der Waals surface area contributed by atoms with E-state index in [1.54, 1.807) is 0 Å². The Morgan fingerprint density at radius 1 is 0.650 bits per heavy atom.